The summed E-state index contributed by atoms with van der Waals surface area (Å²) in [6.45, 7) is 3.03. The molecule has 10 nitrogen and oxygen atoms in total. The zero-order valence-corrected chi connectivity index (χ0v) is 16.0. The molecule has 0 saturated heterocycles. The quantitative estimate of drug-likeness (QED) is 0.534. The number of benzene rings is 1. The van der Waals surface area contributed by atoms with Crippen molar-refractivity contribution in [2.75, 3.05) is 13.2 Å². The van der Waals surface area contributed by atoms with E-state index in [1.54, 1.807) is 38.1 Å². The third-order valence-corrected chi connectivity index (χ3v) is 4.25. The molecule has 0 spiro atoms. The number of nitrogens with zero attached hydrogens (tertiary/aromatic N) is 1. The van der Waals surface area contributed by atoms with Gasteiger partial charge in [0.25, 0.3) is 11.8 Å². The van der Waals surface area contributed by atoms with Crippen molar-refractivity contribution in [1.29, 1.82) is 0 Å². The average Bonchev–Trinajstić information content (AvgIpc) is 3.05. The SMILES string of the molecule is Cc1noc(C)c1CCC(=O)OCC(=O)NNC(=O)[C@H]1COc2ccccc2O1. The molecule has 2 aromatic rings. The Bertz CT molecular complexity index is 889. The van der Waals surface area contributed by atoms with Crippen LogP contribution in [0.25, 0.3) is 0 Å². The van der Waals surface area contributed by atoms with Crippen LogP contribution in [0.1, 0.15) is 23.4 Å². The molecule has 1 atom stereocenters. The number of carbonyl (C=O) groups excluding carboxylic acids is 3. The lowest BCUT2D eigenvalue weighted by atomic mass is 10.1. The van der Waals surface area contributed by atoms with E-state index >= 15 is 0 Å². The standard InChI is InChI=1S/C19H21N3O7/c1-11-13(12(2)29-22-11)7-8-18(24)27-10-17(23)20-21-19(25)16-9-26-14-5-3-4-6-15(14)28-16/h3-6,16H,7-10H2,1-2H3,(H,20,23)(H,21,25)/t16-/m1/s1. The fourth-order valence-electron chi connectivity index (χ4n) is 2.70. The maximum atomic E-state index is 12.1. The van der Waals surface area contributed by atoms with E-state index in [1.165, 1.54) is 0 Å². The van der Waals surface area contributed by atoms with Crippen LogP contribution in [0, 0.1) is 13.8 Å². The van der Waals surface area contributed by atoms with Gasteiger partial charge in [-0.25, -0.2) is 0 Å². The van der Waals surface area contributed by atoms with Crippen LogP contribution in [0.3, 0.4) is 0 Å². The highest BCUT2D eigenvalue weighted by Crippen LogP contribution is 2.30. The van der Waals surface area contributed by atoms with E-state index in [0.717, 1.165) is 5.56 Å². The van der Waals surface area contributed by atoms with Gasteiger partial charge in [-0.1, -0.05) is 17.3 Å². The number of hydrogen-bond acceptors (Lipinski definition) is 8. The summed E-state index contributed by atoms with van der Waals surface area (Å²) in [5, 5.41) is 3.81. The highest BCUT2D eigenvalue weighted by atomic mass is 16.6. The van der Waals surface area contributed by atoms with Crippen molar-refractivity contribution in [2.45, 2.75) is 32.8 Å². The first kappa shape index (κ1) is 20.2. The number of amides is 2. The smallest absolute Gasteiger partial charge is 0.306 e. The first-order valence-corrected chi connectivity index (χ1v) is 8.98. The van der Waals surface area contributed by atoms with E-state index in [1.807, 2.05) is 0 Å². The van der Waals surface area contributed by atoms with Crippen molar-refractivity contribution in [1.82, 2.24) is 16.0 Å². The van der Waals surface area contributed by atoms with Crippen LogP contribution in [0.15, 0.2) is 28.8 Å². The Morgan fingerprint density at radius 2 is 1.93 bits per heavy atom. The summed E-state index contributed by atoms with van der Waals surface area (Å²) in [6, 6.07) is 6.95. The van der Waals surface area contributed by atoms with Gasteiger partial charge in [-0.15, -0.1) is 0 Å². The molecule has 0 bridgehead atoms. The molecular formula is C19H21N3O7. The zero-order chi connectivity index (χ0) is 20.8. The highest BCUT2D eigenvalue weighted by Gasteiger charge is 2.27. The molecule has 0 aliphatic carbocycles. The van der Waals surface area contributed by atoms with Gasteiger partial charge in [0, 0.05) is 12.0 Å². The lowest BCUT2D eigenvalue weighted by Gasteiger charge is -2.25. The summed E-state index contributed by atoms with van der Waals surface area (Å²) >= 11 is 0. The Morgan fingerprint density at radius 1 is 1.17 bits per heavy atom. The Balaban J connectivity index is 1.35. The molecule has 154 valence electrons. The number of aromatic nitrogens is 1. The van der Waals surface area contributed by atoms with Crippen molar-refractivity contribution in [3.8, 4) is 11.5 Å². The summed E-state index contributed by atoms with van der Waals surface area (Å²) in [4.78, 5) is 35.7. The van der Waals surface area contributed by atoms with Crippen LogP contribution in [-0.4, -0.2) is 42.3 Å². The average molecular weight is 403 g/mol. The van der Waals surface area contributed by atoms with Crippen LogP contribution in [-0.2, 0) is 25.5 Å². The lowest BCUT2D eigenvalue weighted by Crippen LogP contribution is -2.51. The van der Waals surface area contributed by atoms with Gasteiger partial charge in [-0.05, 0) is 32.4 Å². The normalized spacial score (nSPS) is 14.8. The van der Waals surface area contributed by atoms with E-state index in [2.05, 4.69) is 16.0 Å². The van der Waals surface area contributed by atoms with Crippen LogP contribution >= 0.6 is 0 Å². The molecule has 3 rings (SSSR count). The third-order valence-electron chi connectivity index (χ3n) is 4.25. The molecule has 2 N–H and O–H groups in total. The van der Waals surface area contributed by atoms with Gasteiger partial charge < -0.3 is 18.7 Å². The van der Waals surface area contributed by atoms with Gasteiger partial charge in [-0.3, -0.25) is 25.2 Å². The fraction of sp³-hybridized carbons (Fsp3) is 0.368. The summed E-state index contributed by atoms with van der Waals surface area (Å²) in [5.74, 6) is -0.181. The van der Waals surface area contributed by atoms with Crippen molar-refractivity contribution in [3.63, 3.8) is 0 Å². The Kier molecular flexibility index (Phi) is 6.32. The number of hydrogen-bond donors (Lipinski definition) is 2. The molecule has 0 saturated carbocycles. The fourth-order valence-corrected chi connectivity index (χ4v) is 2.70. The van der Waals surface area contributed by atoms with Gasteiger partial charge in [0.05, 0.1) is 5.69 Å². The van der Waals surface area contributed by atoms with Gasteiger partial charge in [-0.2, -0.15) is 0 Å². The lowest BCUT2D eigenvalue weighted by molar-refractivity contribution is -0.149. The van der Waals surface area contributed by atoms with E-state index < -0.39 is 30.5 Å². The maximum absolute atomic E-state index is 12.1. The first-order valence-electron chi connectivity index (χ1n) is 8.98. The first-order chi connectivity index (χ1) is 13.9. The van der Waals surface area contributed by atoms with Crippen molar-refractivity contribution < 1.29 is 33.1 Å². The van der Waals surface area contributed by atoms with Gasteiger partial charge >= 0.3 is 5.97 Å². The van der Waals surface area contributed by atoms with Gasteiger partial charge in [0.2, 0.25) is 6.10 Å². The summed E-state index contributed by atoms with van der Waals surface area (Å²) in [7, 11) is 0. The third kappa shape index (κ3) is 5.24. The molecule has 0 unspecified atom stereocenters. The van der Waals surface area contributed by atoms with Gasteiger partial charge in [0.1, 0.15) is 12.4 Å². The summed E-state index contributed by atoms with van der Waals surface area (Å²) in [6.07, 6.45) is -0.434. The molecule has 1 aromatic carbocycles. The Hall–Kier alpha value is -3.56. The number of nitrogens with one attached hydrogen (secondary N) is 2. The topological polar surface area (TPSA) is 129 Å². The molecule has 0 radical (unpaired) electrons. The monoisotopic (exact) mass is 403 g/mol. The van der Waals surface area contributed by atoms with Crippen molar-refractivity contribution in [3.05, 3.63) is 41.3 Å². The van der Waals surface area contributed by atoms with Crippen molar-refractivity contribution in [2.24, 2.45) is 0 Å². The summed E-state index contributed by atoms with van der Waals surface area (Å²) in [5.41, 5.74) is 5.95. The number of ether oxygens (including phenoxy) is 3. The zero-order valence-electron chi connectivity index (χ0n) is 16.0. The Labute approximate surface area is 166 Å². The van der Waals surface area contributed by atoms with Crippen LogP contribution in [0.4, 0.5) is 0 Å². The number of para-hydroxylation sites is 2. The van der Waals surface area contributed by atoms with E-state index in [-0.39, 0.29) is 13.0 Å². The predicted molar refractivity (Wildman–Crippen MR) is 97.9 cm³/mol. The second-order valence-electron chi connectivity index (χ2n) is 6.37. The molecule has 10 heteroatoms. The molecule has 2 amide bonds. The number of rotatable bonds is 6. The van der Waals surface area contributed by atoms with Crippen LogP contribution in [0.5, 0.6) is 11.5 Å². The molecule has 1 aliphatic heterocycles. The van der Waals surface area contributed by atoms with E-state index in [0.29, 0.717) is 29.4 Å². The minimum Gasteiger partial charge on any atom is -0.485 e. The second kappa shape index (κ2) is 9.09. The predicted octanol–water partition coefficient (Wildman–Crippen LogP) is 0.755. The number of carbonyl (C=O) groups is 3. The van der Waals surface area contributed by atoms with Gasteiger partial charge in [0.15, 0.2) is 18.1 Å². The van der Waals surface area contributed by atoms with Crippen LogP contribution < -0.4 is 20.3 Å². The minimum absolute atomic E-state index is 0.00933. The molecule has 29 heavy (non-hydrogen) atoms. The number of fused-ring (bicyclic) bond motifs is 1. The van der Waals surface area contributed by atoms with E-state index in [4.69, 9.17) is 18.7 Å². The Morgan fingerprint density at radius 3 is 2.66 bits per heavy atom. The maximum Gasteiger partial charge on any atom is 0.306 e. The highest BCUT2D eigenvalue weighted by molar-refractivity contribution is 5.86. The molecule has 1 aromatic heterocycles. The van der Waals surface area contributed by atoms with Crippen molar-refractivity contribution >= 4 is 17.8 Å². The molecule has 0 fully saturated rings. The largest absolute Gasteiger partial charge is 0.485 e. The summed E-state index contributed by atoms with van der Waals surface area (Å²) < 4.78 is 20.9. The number of esters is 1. The molecule has 1 aliphatic rings. The number of hydrazine groups is 1. The molecular weight excluding hydrogens is 382 g/mol. The van der Waals surface area contributed by atoms with Crippen LogP contribution in [0.2, 0.25) is 0 Å². The second-order valence-corrected chi connectivity index (χ2v) is 6.37. The minimum atomic E-state index is -0.914. The van der Waals surface area contributed by atoms with E-state index in [9.17, 15) is 14.4 Å². The number of aryl methyl sites for hydroxylation is 2. The molecule has 2 heterocycles.